The molecule has 1 amide bonds. The van der Waals surface area contributed by atoms with E-state index in [0.29, 0.717) is 24.3 Å². The van der Waals surface area contributed by atoms with Gasteiger partial charge in [0.05, 0.1) is 0 Å². The minimum Gasteiger partial charge on any atom is -0.351 e. The maximum absolute atomic E-state index is 13.3. The zero-order chi connectivity index (χ0) is 20.0. The van der Waals surface area contributed by atoms with Crippen LogP contribution in [0.1, 0.15) is 36.7 Å². The molecule has 6 rings (SSSR count). The van der Waals surface area contributed by atoms with E-state index in [1.54, 1.807) is 0 Å². The van der Waals surface area contributed by atoms with Gasteiger partial charge in [-0.15, -0.1) is 0 Å². The van der Waals surface area contributed by atoms with Crippen molar-refractivity contribution in [1.29, 1.82) is 0 Å². The van der Waals surface area contributed by atoms with Crippen LogP contribution in [0.2, 0.25) is 0 Å². The second-order valence-electron chi connectivity index (χ2n) is 9.24. The Morgan fingerprint density at radius 1 is 1.32 bits per heavy atom. The van der Waals surface area contributed by atoms with Gasteiger partial charge in [-0.1, -0.05) is 12.1 Å². The van der Waals surface area contributed by atoms with Crippen molar-refractivity contribution in [2.24, 2.45) is 5.89 Å². The molecule has 4 fully saturated rings. The van der Waals surface area contributed by atoms with Crippen molar-refractivity contribution in [2.45, 2.75) is 43.8 Å². The van der Waals surface area contributed by atoms with Crippen molar-refractivity contribution in [1.82, 2.24) is 25.2 Å². The number of carbonyl (C=O) groups is 1. The molecule has 3 aliphatic heterocycles. The van der Waals surface area contributed by atoms with E-state index in [2.05, 4.69) is 40.4 Å². The van der Waals surface area contributed by atoms with Crippen molar-refractivity contribution in [3.8, 4) is 0 Å². The summed E-state index contributed by atoms with van der Waals surface area (Å²) in [5.41, 5.74) is 6.78. The number of H-pyrrole nitrogens is 1. The highest BCUT2D eigenvalue weighted by atomic mass is 16.2. The smallest absolute Gasteiger partial charge is 0.270 e. The van der Waals surface area contributed by atoms with Crippen LogP contribution in [-0.4, -0.2) is 76.5 Å². The van der Waals surface area contributed by atoms with Crippen LogP contribution in [0.3, 0.4) is 0 Å². The number of hydrogen-bond donors (Lipinski definition) is 2. The van der Waals surface area contributed by atoms with Gasteiger partial charge < -0.3 is 9.88 Å². The number of likely N-dealkylation sites (N-methyl/N-ethyl adjacent to an activating group) is 1. The molecule has 148 valence electrons. The second kappa shape index (κ2) is 5.81. The largest absolute Gasteiger partial charge is 0.351 e. The lowest BCUT2D eigenvalue weighted by Crippen LogP contribution is -2.60. The Labute approximate surface area is 167 Å². The number of benzene rings is 1. The van der Waals surface area contributed by atoms with Crippen molar-refractivity contribution >= 4 is 16.8 Å². The summed E-state index contributed by atoms with van der Waals surface area (Å²) >= 11 is 0. The number of piperidine rings is 1. The van der Waals surface area contributed by atoms with Gasteiger partial charge in [0, 0.05) is 62.0 Å². The fraction of sp³-hybridized carbons (Fsp3) is 0.591. The van der Waals surface area contributed by atoms with Crippen LogP contribution >= 0.6 is 0 Å². The third kappa shape index (κ3) is 2.41. The van der Waals surface area contributed by atoms with E-state index in [9.17, 15) is 6.17 Å². The molecule has 0 radical (unpaired) electrons. The first kappa shape index (κ1) is 16.0. The Balaban J connectivity index is 1.26. The molecule has 3 unspecified atom stereocenters. The minimum absolute atomic E-state index is 0.0203. The van der Waals surface area contributed by atoms with E-state index >= 15 is 0 Å². The lowest BCUT2D eigenvalue weighted by molar-refractivity contribution is 0.0164. The van der Waals surface area contributed by atoms with E-state index in [4.69, 9.17) is 0 Å². The number of fused-ring (bicyclic) bond motifs is 4. The number of likely N-dealkylation sites (tertiary alicyclic amines) is 1. The number of aromatic amines is 1. The van der Waals surface area contributed by atoms with Crippen molar-refractivity contribution in [2.75, 3.05) is 33.2 Å². The molecule has 4 heterocycles. The van der Waals surface area contributed by atoms with Crippen LogP contribution < -0.4 is 5.43 Å². The van der Waals surface area contributed by atoms with Gasteiger partial charge in [-0.25, -0.2) is 5.01 Å². The lowest BCUT2D eigenvalue weighted by Gasteiger charge is -2.44. The van der Waals surface area contributed by atoms with Gasteiger partial charge in [0.2, 0.25) is 0 Å². The predicted molar refractivity (Wildman–Crippen MR) is 109 cm³/mol. The molecule has 1 saturated carbocycles. The maximum Gasteiger partial charge on any atom is 0.270 e. The topological polar surface area (TPSA) is 54.6 Å². The zero-order valence-corrected chi connectivity index (χ0v) is 16.7. The second-order valence-corrected chi connectivity index (χ2v) is 9.24. The molecule has 1 aliphatic carbocycles. The molecule has 0 bridgehead atoms. The van der Waals surface area contributed by atoms with Gasteiger partial charge >= 0.3 is 0 Å². The standard InChI is InChI=1S/C22H29N5O/c1-14-4-3-5-17-15(14)10-19(23-17)21(28)26-9-6-18-16(11-26)20-12-25(2)22(7-8-22)13-27(20)24-18/h3-5,10,16,18,20,23-24H,6-9,11-13H2,1-2H3/i16D. The summed E-state index contributed by atoms with van der Waals surface area (Å²) in [6, 6.07) is 8.33. The molecule has 6 nitrogen and oxygen atoms in total. The van der Waals surface area contributed by atoms with Crippen molar-refractivity contribution in [3.63, 3.8) is 0 Å². The molecular formula is C22H29N5O. The number of piperazine rings is 1. The van der Waals surface area contributed by atoms with E-state index in [-0.39, 0.29) is 18.0 Å². The number of aryl methyl sites for hydroxylation is 1. The van der Waals surface area contributed by atoms with Gasteiger partial charge in [0.15, 0.2) is 0 Å². The predicted octanol–water partition coefficient (Wildman–Crippen LogP) is 1.97. The number of hydrazine groups is 1. The average molecular weight is 381 g/mol. The SMILES string of the molecule is [2H]C12CN(C(=O)c3cc4c(C)cccc4[nH]3)CCC1NN1CC3(CC3)N(C)CC12. The quantitative estimate of drug-likeness (QED) is 0.794. The normalized spacial score (nSPS) is 35.1. The molecule has 28 heavy (non-hydrogen) atoms. The van der Waals surface area contributed by atoms with Gasteiger partial charge in [-0.05, 0) is 50.9 Å². The Bertz CT molecular complexity index is 1000. The van der Waals surface area contributed by atoms with Crippen LogP contribution in [0.25, 0.3) is 10.9 Å². The highest BCUT2D eigenvalue weighted by Crippen LogP contribution is 2.46. The Morgan fingerprint density at radius 3 is 2.96 bits per heavy atom. The fourth-order valence-corrected chi connectivity index (χ4v) is 5.57. The highest BCUT2D eigenvalue weighted by Gasteiger charge is 2.57. The molecular weight excluding hydrogens is 350 g/mol. The minimum atomic E-state index is -0.666. The van der Waals surface area contributed by atoms with E-state index in [0.717, 1.165) is 30.4 Å². The third-order valence-corrected chi connectivity index (χ3v) is 7.58. The van der Waals surface area contributed by atoms with Gasteiger partial charge in [-0.3, -0.25) is 15.1 Å². The number of nitrogens with zero attached hydrogens (tertiary/aromatic N) is 3. The summed E-state index contributed by atoms with van der Waals surface area (Å²) in [5.74, 6) is -0.646. The third-order valence-electron chi connectivity index (χ3n) is 7.58. The van der Waals surface area contributed by atoms with E-state index in [1.165, 1.54) is 18.4 Å². The van der Waals surface area contributed by atoms with Crippen molar-refractivity contribution < 1.29 is 6.17 Å². The number of aromatic nitrogens is 1. The fourth-order valence-electron chi connectivity index (χ4n) is 5.57. The molecule has 1 aromatic heterocycles. The van der Waals surface area contributed by atoms with Crippen LogP contribution in [0.4, 0.5) is 0 Å². The summed E-state index contributed by atoms with van der Waals surface area (Å²) in [5, 5.41) is 3.44. The first-order valence-electron chi connectivity index (χ1n) is 11.0. The summed E-state index contributed by atoms with van der Waals surface area (Å²) in [6.45, 7) is 5.16. The van der Waals surface area contributed by atoms with Crippen molar-refractivity contribution in [3.05, 3.63) is 35.5 Å². The van der Waals surface area contributed by atoms with Crippen LogP contribution in [0.15, 0.2) is 24.3 Å². The summed E-state index contributed by atoms with van der Waals surface area (Å²) < 4.78 is 9.40. The molecule has 2 aromatic rings. The summed E-state index contributed by atoms with van der Waals surface area (Å²) in [4.78, 5) is 21.0. The molecule has 1 spiro atoms. The van der Waals surface area contributed by atoms with Gasteiger partial charge in [0.25, 0.3) is 5.91 Å². The Hall–Kier alpha value is -1.89. The monoisotopic (exact) mass is 380 g/mol. The molecule has 3 saturated heterocycles. The number of amides is 1. The average Bonchev–Trinajstić information content (AvgIpc) is 3.23. The number of rotatable bonds is 1. The van der Waals surface area contributed by atoms with E-state index < -0.39 is 5.89 Å². The van der Waals surface area contributed by atoms with Crippen LogP contribution in [0.5, 0.6) is 0 Å². The molecule has 2 N–H and O–H groups in total. The molecule has 4 aliphatic rings. The first-order chi connectivity index (χ1) is 13.9. The van der Waals surface area contributed by atoms with Crippen LogP contribution in [0, 0.1) is 12.8 Å². The number of nitrogens with one attached hydrogen (secondary N) is 2. The van der Waals surface area contributed by atoms with E-state index in [1.807, 2.05) is 23.1 Å². The molecule has 1 aromatic carbocycles. The maximum atomic E-state index is 13.3. The van der Waals surface area contributed by atoms with Gasteiger partial charge in [0.1, 0.15) is 5.69 Å². The molecule has 3 atom stereocenters. The van der Waals surface area contributed by atoms with Crippen LogP contribution in [-0.2, 0) is 0 Å². The Kier molecular flexibility index (Phi) is 3.31. The number of hydrogen-bond acceptors (Lipinski definition) is 4. The first-order valence-corrected chi connectivity index (χ1v) is 10.5. The summed E-state index contributed by atoms with van der Waals surface area (Å²) in [7, 11) is 2.21. The number of carbonyl (C=O) groups excluding carboxylic acids is 1. The Morgan fingerprint density at radius 2 is 2.18 bits per heavy atom. The highest BCUT2D eigenvalue weighted by molar-refractivity contribution is 5.98. The lowest BCUT2D eigenvalue weighted by atomic mass is 9.86. The zero-order valence-electron chi connectivity index (χ0n) is 17.7. The van der Waals surface area contributed by atoms with Gasteiger partial charge in [-0.2, -0.15) is 0 Å². The molecule has 6 heteroatoms. The summed E-state index contributed by atoms with van der Waals surface area (Å²) in [6.07, 6.45) is 3.35.